The van der Waals surface area contributed by atoms with E-state index < -0.39 is 0 Å². The molecule has 1 aromatic heterocycles. The normalized spacial score (nSPS) is 16.9. The highest BCUT2D eigenvalue weighted by molar-refractivity contribution is 5.93. The average Bonchev–Trinajstić information content (AvgIpc) is 3.11. The SMILES string of the molecule is CC(C1CC1)N(C)c1ccnc(C(=N)N)c1. The molecule has 0 bridgehead atoms. The lowest BCUT2D eigenvalue weighted by Gasteiger charge is -2.27. The molecule has 4 nitrogen and oxygen atoms in total. The lowest BCUT2D eigenvalue weighted by Crippen LogP contribution is -2.30. The highest BCUT2D eigenvalue weighted by Crippen LogP contribution is 2.36. The molecule has 2 rings (SSSR count). The number of anilines is 1. The third kappa shape index (κ3) is 2.15. The standard InChI is InChI=1S/C12H18N4/c1-8(9-3-4-9)16(2)10-5-6-15-11(7-10)12(13)14/h5-9H,3-4H2,1-2H3,(H3,13,14). The maximum Gasteiger partial charge on any atom is 0.141 e. The fourth-order valence-corrected chi connectivity index (χ4v) is 1.92. The number of aromatic nitrogens is 1. The minimum Gasteiger partial charge on any atom is -0.382 e. The Morgan fingerprint density at radius 2 is 2.31 bits per heavy atom. The van der Waals surface area contributed by atoms with E-state index in [1.807, 2.05) is 12.1 Å². The van der Waals surface area contributed by atoms with Crippen LogP contribution in [0.4, 0.5) is 5.69 Å². The summed E-state index contributed by atoms with van der Waals surface area (Å²) < 4.78 is 0. The van der Waals surface area contributed by atoms with Crippen molar-refractivity contribution in [2.24, 2.45) is 11.7 Å². The lowest BCUT2D eigenvalue weighted by molar-refractivity contribution is 0.609. The van der Waals surface area contributed by atoms with Crippen molar-refractivity contribution < 1.29 is 0 Å². The molecule has 0 amide bonds. The summed E-state index contributed by atoms with van der Waals surface area (Å²) in [5.41, 5.74) is 7.06. The van der Waals surface area contributed by atoms with E-state index in [0.29, 0.717) is 11.7 Å². The molecule has 1 unspecified atom stereocenters. The van der Waals surface area contributed by atoms with E-state index >= 15 is 0 Å². The molecule has 0 aromatic carbocycles. The van der Waals surface area contributed by atoms with E-state index in [1.54, 1.807) is 6.20 Å². The molecule has 86 valence electrons. The first-order chi connectivity index (χ1) is 7.59. The van der Waals surface area contributed by atoms with Gasteiger partial charge in [-0.05, 0) is 37.8 Å². The van der Waals surface area contributed by atoms with E-state index in [-0.39, 0.29) is 5.84 Å². The third-order valence-corrected chi connectivity index (χ3v) is 3.34. The van der Waals surface area contributed by atoms with Crippen molar-refractivity contribution >= 4 is 11.5 Å². The fourth-order valence-electron chi connectivity index (χ4n) is 1.92. The first-order valence-electron chi connectivity index (χ1n) is 5.63. The third-order valence-electron chi connectivity index (χ3n) is 3.34. The van der Waals surface area contributed by atoms with Gasteiger partial charge in [-0.25, -0.2) is 0 Å². The van der Waals surface area contributed by atoms with Gasteiger partial charge in [0.2, 0.25) is 0 Å². The molecule has 4 heteroatoms. The predicted molar refractivity (Wildman–Crippen MR) is 65.8 cm³/mol. The van der Waals surface area contributed by atoms with Crippen LogP contribution in [0.25, 0.3) is 0 Å². The zero-order valence-corrected chi connectivity index (χ0v) is 9.77. The van der Waals surface area contributed by atoms with E-state index in [4.69, 9.17) is 11.1 Å². The van der Waals surface area contributed by atoms with E-state index in [0.717, 1.165) is 11.6 Å². The Kier molecular flexibility index (Phi) is 2.81. The van der Waals surface area contributed by atoms with Crippen molar-refractivity contribution in [3.8, 4) is 0 Å². The average molecular weight is 218 g/mol. The molecule has 16 heavy (non-hydrogen) atoms. The van der Waals surface area contributed by atoms with Crippen LogP contribution >= 0.6 is 0 Å². The van der Waals surface area contributed by atoms with Gasteiger partial charge in [0.05, 0.1) is 0 Å². The zero-order chi connectivity index (χ0) is 11.7. The first-order valence-corrected chi connectivity index (χ1v) is 5.63. The number of nitrogens with one attached hydrogen (secondary N) is 1. The fraction of sp³-hybridized carbons (Fsp3) is 0.500. The molecule has 1 aliphatic carbocycles. The number of rotatable bonds is 4. The first kappa shape index (κ1) is 10.9. The summed E-state index contributed by atoms with van der Waals surface area (Å²) in [6.07, 6.45) is 4.37. The predicted octanol–water partition coefficient (Wildman–Crippen LogP) is 1.60. The van der Waals surface area contributed by atoms with Crippen LogP contribution in [0.3, 0.4) is 0 Å². The molecule has 1 fully saturated rings. The Balaban J connectivity index is 2.18. The van der Waals surface area contributed by atoms with E-state index in [1.165, 1.54) is 12.8 Å². The monoisotopic (exact) mass is 218 g/mol. The van der Waals surface area contributed by atoms with Crippen molar-refractivity contribution in [2.45, 2.75) is 25.8 Å². The van der Waals surface area contributed by atoms with Crippen LogP contribution in [-0.4, -0.2) is 23.9 Å². The highest BCUT2D eigenvalue weighted by Gasteiger charge is 2.30. The number of pyridine rings is 1. The molecule has 0 aliphatic heterocycles. The number of nitrogens with zero attached hydrogens (tertiary/aromatic N) is 2. The Hall–Kier alpha value is -1.58. The molecule has 1 aliphatic rings. The summed E-state index contributed by atoms with van der Waals surface area (Å²) in [4.78, 5) is 6.31. The highest BCUT2D eigenvalue weighted by atomic mass is 15.1. The van der Waals surface area contributed by atoms with E-state index in [9.17, 15) is 0 Å². The second kappa shape index (κ2) is 4.12. The van der Waals surface area contributed by atoms with Crippen molar-refractivity contribution in [1.29, 1.82) is 5.41 Å². The Bertz CT molecular complexity index is 398. The molecule has 1 saturated carbocycles. The van der Waals surface area contributed by atoms with Gasteiger partial charge < -0.3 is 10.6 Å². The summed E-state index contributed by atoms with van der Waals surface area (Å²) in [6.45, 7) is 2.24. The van der Waals surface area contributed by atoms with Crippen LogP contribution in [0.2, 0.25) is 0 Å². The maximum atomic E-state index is 7.37. The van der Waals surface area contributed by atoms with Crippen LogP contribution < -0.4 is 10.6 Å². The van der Waals surface area contributed by atoms with Crippen LogP contribution in [0.1, 0.15) is 25.5 Å². The van der Waals surface area contributed by atoms with Gasteiger partial charge in [-0.2, -0.15) is 0 Å². The Morgan fingerprint density at radius 3 is 2.88 bits per heavy atom. The van der Waals surface area contributed by atoms with Gasteiger partial charge in [0, 0.05) is 25.0 Å². The minimum absolute atomic E-state index is 0.0225. The van der Waals surface area contributed by atoms with Crippen LogP contribution in [0, 0.1) is 11.3 Å². The van der Waals surface area contributed by atoms with Crippen molar-refractivity contribution in [3.05, 3.63) is 24.0 Å². The number of hydrogen-bond acceptors (Lipinski definition) is 3. The summed E-state index contributed by atoms with van der Waals surface area (Å²) in [7, 11) is 2.09. The van der Waals surface area contributed by atoms with Crippen molar-refractivity contribution in [2.75, 3.05) is 11.9 Å². The smallest absolute Gasteiger partial charge is 0.141 e. The van der Waals surface area contributed by atoms with Crippen molar-refractivity contribution in [1.82, 2.24) is 4.98 Å². The molecular formula is C12H18N4. The quantitative estimate of drug-likeness (QED) is 0.596. The van der Waals surface area contributed by atoms with Gasteiger partial charge in [-0.3, -0.25) is 10.4 Å². The summed E-state index contributed by atoms with van der Waals surface area (Å²) in [6, 6.07) is 4.38. The topological polar surface area (TPSA) is 66.0 Å². The summed E-state index contributed by atoms with van der Waals surface area (Å²) >= 11 is 0. The Morgan fingerprint density at radius 1 is 1.62 bits per heavy atom. The van der Waals surface area contributed by atoms with Gasteiger partial charge in [0.25, 0.3) is 0 Å². The molecule has 0 saturated heterocycles. The maximum absolute atomic E-state index is 7.37. The molecule has 3 N–H and O–H groups in total. The van der Waals surface area contributed by atoms with E-state index in [2.05, 4.69) is 23.9 Å². The minimum atomic E-state index is 0.0225. The van der Waals surface area contributed by atoms with Gasteiger partial charge >= 0.3 is 0 Å². The van der Waals surface area contributed by atoms with Crippen LogP contribution in [0.15, 0.2) is 18.3 Å². The number of nitrogen functional groups attached to an aromatic ring is 1. The lowest BCUT2D eigenvalue weighted by atomic mass is 10.1. The molecule has 0 spiro atoms. The van der Waals surface area contributed by atoms with Crippen LogP contribution in [0.5, 0.6) is 0 Å². The molecule has 1 aromatic rings. The molecular weight excluding hydrogens is 200 g/mol. The van der Waals surface area contributed by atoms with Crippen LogP contribution in [-0.2, 0) is 0 Å². The second-order valence-corrected chi connectivity index (χ2v) is 4.50. The van der Waals surface area contributed by atoms with Gasteiger partial charge in [-0.15, -0.1) is 0 Å². The van der Waals surface area contributed by atoms with Crippen molar-refractivity contribution in [3.63, 3.8) is 0 Å². The largest absolute Gasteiger partial charge is 0.382 e. The summed E-state index contributed by atoms with van der Waals surface area (Å²) in [5, 5.41) is 7.37. The second-order valence-electron chi connectivity index (χ2n) is 4.50. The molecule has 1 heterocycles. The van der Waals surface area contributed by atoms with Gasteiger partial charge in [0.15, 0.2) is 0 Å². The zero-order valence-electron chi connectivity index (χ0n) is 9.77. The van der Waals surface area contributed by atoms with Gasteiger partial charge in [-0.1, -0.05) is 0 Å². The molecule has 1 atom stereocenters. The van der Waals surface area contributed by atoms with Gasteiger partial charge in [0.1, 0.15) is 11.5 Å². The number of nitrogens with two attached hydrogens (primary N) is 1. The Labute approximate surface area is 96.0 Å². The number of hydrogen-bond donors (Lipinski definition) is 2. The number of amidine groups is 1. The molecule has 0 radical (unpaired) electrons. The summed E-state index contributed by atoms with van der Waals surface area (Å²) in [5.74, 6) is 0.841.